The molecule has 3 rings (SSSR count). The first-order valence-corrected chi connectivity index (χ1v) is 12.0. The van der Waals surface area contributed by atoms with Gasteiger partial charge in [-0.2, -0.15) is 0 Å². The third-order valence-electron chi connectivity index (χ3n) is 6.25. The fourth-order valence-electron chi connectivity index (χ4n) is 4.13. The van der Waals surface area contributed by atoms with Crippen molar-refractivity contribution in [3.8, 4) is 0 Å². The number of imide groups is 2. The fourth-order valence-corrected chi connectivity index (χ4v) is 4.13. The van der Waals surface area contributed by atoms with Crippen molar-refractivity contribution in [1.82, 2.24) is 15.1 Å². The lowest BCUT2D eigenvalue weighted by Crippen LogP contribution is -2.57. The van der Waals surface area contributed by atoms with Crippen molar-refractivity contribution in [3.63, 3.8) is 0 Å². The summed E-state index contributed by atoms with van der Waals surface area (Å²) < 4.78 is 10.5. The van der Waals surface area contributed by atoms with Gasteiger partial charge in [0.1, 0.15) is 17.7 Å². The van der Waals surface area contributed by atoms with Gasteiger partial charge >= 0.3 is 12.1 Å². The van der Waals surface area contributed by atoms with Crippen LogP contribution in [-0.2, 0) is 23.9 Å². The van der Waals surface area contributed by atoms with E-state index in [-0.39, 0.29) is 35.6 Å². The van der Waals surface area contributed by atoms with Gasteiger partial charge in [-0.25, -0.2) is 14.5 Å². The van der Waals surface area contributed by atoms with Gasteiger partial charge in [0, 0.05) is 12.1 Å². The summed E-state index contributed by atoms with van der Waals surface area (Å²) in [6, 6.07) is 2.10. The van der Waals surface area contributed by atoms with Crippen LogP contribution in [0.15, 0.2) is 18.2 Å². The van der Waals surface area contributed by atoms with E-state index in [4.69, 9.17) is 15.2 Å². The highest BCUT2D eigenvalue weighted by Gasteiger charge is 2.48. The minimum Gasteiger partial charge on any atom is -0.444 e. The summed E-state index contributed by atoms with van der Waals surface area (Å²) in [4.78, 5) is 78.2. The van der Waals surface area contributed by atoms with Gasteiger partial charge in [-0.05, 0) is 45.2 Å². The molecule has 1 unspecified atom stereocenters. The molecular weight excluding hydrogens is 484 g/mol. The molecule has 2 heterocycles. The summed E-state index contributed by atoms with van der Waals surface area (Å²) in [6.07, 6.45) is -0.516. The summed E-state index contributed by atoms with van der Waals surface area (Å²) in [6.45, 7) is 7.84. The molecule has 200 valence electrons. The first-order valence-electron chi connectivity index (χ1n) is 12.0. The van der Waals surface area contributed by atoms with Crippen LogP contribution in [-0.4, -0.2) is 69.9 Å². The van der Waals surface area contributed by atoms with Gasteiger partial charge in [0.15, 0.2) is 6.73 Å². The highest BCUT2D eigenvalue weighted by atomic mass is 16.6. The van der Waals surface area contributed by atoms with Crippen LogP contribution < -0.4 is 11.1 Å². The van der Waals surface area contributed by atoms with E-state index in [9.17, 15) is 28.8 Å². The summed E-state index contributed by atoms with van der Waals surface area (Å²) in [7, 11) is 0. The number of anilines is 1. The Kier molecular flexibility index (Phi) is 7.89. The quantitative estimate of drug-likeness (QED) is 0.312. The molecule has 37 heavy (non-hydrogen) atoms. The van der Waals surface area contributed by atoms with Crippen LogP contribution in [0.3, 0.4) is 0 Å². The Balaban J connectivity index is 1.72. The van der Waals surface area contributed by atoms with Crippen molar-refractivity contribution in [1.29, 1.82) is 0 Å². The lowest BCUT2D eigenvalue weighted by molar-refractivity contribution is -0.165. The molecule has 5 amide bonds. The van der Waals surface area contributed by atoms with E-state index >= 15 is 0 Å². The maximum atomic E-state index is 13.2. The number of carbonyl (C=O) groups is 6. The maximum Gasteiger partial charge on any atom is 0.408 e. The molecular formula is C25H32N4O8. The van der Waals surface area contributed by atoms with Crippen molar-refractivity contribution in [2.75, 3.05) is 12.5 Å². The average Bonchev–Trinajstić information content (AvgIpc) is 3.06. The number of esters is 1. The number of amides is 5. The molecule has 0 bridgehead atoms. The zero-order chi connectivity index (χ0) is 27.7. The van der Waals surface area contributed by atoms with Crippen molar-refractivity contribution >= 4 is 41.4 Å². The summed E-state index contributed by atoms with van der Waals surface area (Å²) in [5.74, 6) is -4.08. The van der Waals surface area contributed by atoms with Gasteiger partial charge in [-0.15, -0.1) is 0 Å². The maximum absolute atomic E-state index is 13.2. The van der Waals surface area contributed by atoms with Gasteiger partial charge in [-0.1, -0.05) is 26.3 Å². The minimum atomic E-state index is -1.26. The predicted octanol–water partition coefficient (Wildman–Crippen LogP) is 1.82. The number of hydrogen-bond acceptors (Lipinski definition) is 9. The Morgan fingerprint density at radius 3 is 2.43 bits per heavy atom. The molecule has 3 atom stereocenters. The number of rotatable bonds is 7. The molecule has 12 heteroatoms. The van der Waals surface area contributed by atoms with Gasteiger partial charge in [0.25, 0.3) is 17.7 Å². The van der Waals surface area contributed by atoms with Crippen LogP contribution in [0.4, 0.5) is 10.5 Å². The highest BCUT2D eigenvalue weighted by Crippen LogP contribution is 2.32. The highest BCUT2D eigenvalue weighted by molar-refractivity contribution is 6.25. The SMILES string of the molecule is CC[C@H](C)[C@H](NC(=O)OC(C)(C)C)C(=O)OCN1C(=O)CCC(N2C(=O)c3cccc(N)c3C2=O)C1=O. The van der Waals surface area contributed by atoms with E-state index in [2.05, 4.69) is 5.32 Å². The van der Waals surface area contributed by atoms with Crippen LogP contribution in [0.5, 0.6) is 0 Å². The Labute approximate surface area is 214 Å². The van der Waals surface area contributed by atoms with Crippen molar-refractivity contribution < 1.29 is 38.2 Å². The average molecular weight is 517 g/mol. The van der Waals surface area contributed by atoms with E-state index in [0.29, 0.717) is 11.3 Å². The van der Waals surface area contributed by atoms with Crippen LogP contribution in [0.2, 0.25) is 0 Å². The fraction of sp³-hybridized carbons (Fsp3) is 0.520. The number of nitrogens with one attached hydrogen (secondary N) is 1. The van der Waals surface area contributed by atoms with Crippen LogP contribution >= 0.6 is 0 Å². The van der Waals surface area contributed by atoms with Gasteiger partial charge in [0.05, 0.1) is 11.1 Å². The second kappa shape index (κ2) is 10.6. The zero-order valence-electron chi connectivity index (χ0n) is 21.5. The number of nitrogens with zero attached hydrogens (tertiary/aromatic N) is 2. The number of alkyl carbamates (subject to hydrolysis) is 1. The molecule has 0 aliphatic carbocycles. The van der Waals surface area contributed by atoms with Crippen LogP contribution in [0.1, 0.15) is 74.6 Å². The standard InChI is InChI=1S/C25H32N4O8/c1-6-13(2)19(27-24(35)37-25(3,4)5)23(34)36-12-28-17(30)11-10-16(21(28)32)29-20(31)14-8-7-9-15(26)18(14)22(29)33/h7-9,13,16,19H,6,10-12,26H2,1-5H3,(H,27,35)/t13-,16?,19-/m0/s1. The molecule has 0 saturated carbocycles. The Bertz CT molecular complexity index is 1140. The first kappa shape index (κ1) is 27.6. The number of likely N-dealkylation sites (tertiary alicyclic amines) is 1. The molecule has 3 N–H and O–H groups in total. The molecule has 0 radical (unpaired) electrons. The summed E-state index contributed by atoms with van der Waals surface area (Å²) in [5, 5.41) is 2.48. The smallest absolute Gasteiger partial charge is 0.408 e. The van der Waals surface area contributed by atoms with E-state index in [0.717, 1.165) is 4.90 Å². The number of benzene rings is 1. The molecule has 2 aliphatic rings. The topological polar surface area (TPSA) is 165 Å². The number of nitrogens with two attached hydrogens (primary N) is 1. The molecule has 1 fully saturated rings. The van der Waals surface area contributed by atoms with E-state index in [1.807, 2.05) is 6.92 Å². The summed E-state index contributed by atoms with van der Waals surface area (Å²) in [5.41, 5.74) is 5.28. The molecule has 1 aromatic carbocycles. The van der Waals surface area contributed by atoms with E-state index in [1.54, 1.807) is 27.7 Å². The molecule has 2 aliphatic heterocycles. The van der Waals surface area contributed by atoms with Crippen molar-refractivity contribution in [3.05, 3.63) is 29.3 Å². The largest absolute Gasteiger partial charge is 0.444 e. The molecule has 12 nitrogen and oxygen atoms in total. The monoisotopic (exact) mass is 516 g/mol. The number of fused-ring (bicyclic) bond motifs is 1. The Morgan fingerprint density at radius 1 is 1.16 bits per heavy atom. The molecule has 0 aromatic heterocycles. The Hall–Kier alpha value is -3.96. The van der Waals surface area contributed by atoms with Gasteiger partial charge < -0.3 is 20.5 Å². The number of carbonyl (C=O) groups excluding carboxylic acids is 6. The summed E-state index contributed by atoms with van der Waals surface area (Å²) >= 11 is 0. The zero-order valence-corrected chi connectivity index (χ0v) is 21.5. The van der Waals surface area contributed by atoms with Crippen LogP contribution in [0, 0.1) is 5.92 Å². The van der Waals surface area contributed by atoms with Gasteiger partial charge in [-0.3, -0.25) is 24.1 Å². The minimum absolute atomic E-state index is 0.0137. The van der Waals surface area contributed by atoms with Crippen molar-refractivity contribution in [2.24, 2.45) is 5.92 Å². The first-order chi connectivity index (χ1) is 17.3. The second-order valence-corrected chi connectivity index (χ2v) is 10.1. The third-order valence-corrected chi connectivity index (χ3v) is 6.25. The lowest BCUT2D eigenvalue weighted by Gasteiger charge is -2.34. The lowest BCUT2D eigenvalue weighted by atomic mass is 9.99. The van der Waals surface area contributed by atoms with E-state index < -0.39 is 60.1 Å². The number of ether oxygens (including phenoxy) is 2. The van der Waals surface area contributed by atoms with Crippen LogP contribution in [0.25, 0.3) is 0 Å². The third kappa shape index (κ3) is 5.73. The predicted molar refractivity (Wildman–Crippen MR) is 130 cm³/mol. The molecule has 0 spiro atoms. The second-order valence-electron chi connectivity index (χ2n) is 10.1. The Morgan fingerprint density at radius 2 is 1.84 bits per heavy atom. The van der Waals surface area contributed by atoms with Gasteiger partial charge in [0.2, 0.25) is 5.91 Å². The number of hydrogen-bond donors (Lipinski definition) is 2. The number of piperidine rings is 1. The molecule has 1 saturated heterocycles. The van der Waals surface area contributed by atoms with Crippen molar-refractivity contribution in [2.45, 2.75) is 71.6 Å². The van der Waals surface area contributed by atoms with E-state index in [1.165, 1.54) is 18.2 Å². The molecule has 1 aromatic rings. The normalized spacial score (nSPS) is 19.4. The number of nitrogen functional groups attached to an aromatic ring is 1.